The summed E-state index contributed by atoms with van der Waals surface area (Å²) in [6, 6.07) is 3.60. The Morgan fingerprint density at radius 1 is 1.05 bits per heavy atom. The second-order valence-corrected chi connectivity index (χ2v) is 5.63. The van der Waals surface area contributed by atoms with E-state index >= 15 is 0 Å². The molecule has 108 valence electrons. The molecule has 1 aromatic carbocycles. The van der Waals surface area contributed by atoms with E-state index in [1.54, 1.807) is 31.6 Å². The molecule has 2 heterocycles. The highest BCUT2D eigenvalue weighted by Crippen LogP contribution is 2.35. The van der Waals surface area contributed by atoms with Gasteiger partial charge < -0.3 is 9.47 Å². The molecule has 0 spiro atoms. The maximum Gasteiger partial charge on any atom is 0.162 e. The van der Waals surface area contributed by atoms with Crippen LogP contribution in [0.5, 0.6) is 11.5 Å². The minimum absolute atomic E-state index is 0.404. The predicted octanol–water partition coefficient (Wildman–Crippen LogP) is 4.34. The summed E-state index contributed by atoms with van der Waals surface area (Å²) in [4.78, 5) is 9.00. The number of hydrogen-bond acceptors (Lipinski definition) is 5. The first-order valence-corrected chi connectivity index (χ1v) is 7.58. The summed E-state index contributed by atoms with van der Waals surface area (Å²) in [6.07, 6.45) is 0. The molecule has 0 saturated carbocycles. The molecule has 0 aliphatic carbocycles. The molecule has 0 unspecified atom stereocenters. The van der Waals surface area contributed by atoms with E-state index in [-0.39, 0.29) is 0 Å². The van der Waals surface area contributed by atoms with Crippen LogP contribution < -0.4 is 9.47 Å². The first-order valence-electron chi connectivity index (χ1n) is 6.26. The van der Waals surface area contributed by atoms with Crippen LogP contribution >= 0.6 is 22.9 Å². The number of aromatic nitrogens is 2. The van der Waals surface area contributed by atoms with Crippen molar-refractivity contribution in [1.29, 1.82) is 0 Å². The van der Waals surface area contributed by atoms with Gasteiger partial charge in [0.2, 0.25) is 0 Å². The molecule has 3 aromatic rings. The van der Waals surface area contributed by atoms with Crippen LogP contribution in [-0.4, -0.2) is 24.2 Å². The first-order chi connectivity index (χ1) is 10.1. The van der Waals surface area contributed by atoms with Crippen LogP contribution in [-0.2, 0) is 0 Å². The van der Waals surface area contributed by atoms with Gasteiger partial charge in [-0.15, -0.1) is 0 Å². The van der Waals surface area contributed by atoms with E-state index < -0.39 is 0 Å². The van der Waals surface area contributed by atoms with Crippen molar-refractivity contribution in [1.82, 2.24) is 9.97 Å². The van der Waals surface area contributed by atoms with Crippen molar-refractivity contribution in [2.45, 2.75) is 6.92 Å². The molecule has 0 aliphatic heterocycles. The zero-order chi connectivity index (χ0) is 15.0. The number of hydrogen-bond donors (Lipinski definition) is 0. The third kappa shape index (κ3) is 2.43. The van der Waals surface area contributed by atoms with Crippen LogP contribution in [0.4, 0.5) is 0 Å². The van der Waals surface area contributed by atoms with Gasteiger partial charge in [0.15, 0.2) is 17.3 Å². The molecular weight excluding hydrogens is 308 g/mol. The molecule has 3 rings (SSSR count). The summed E-state index contributed by atoms with van der Waals surface area (Å²) in [5.74, 6) is 1.85. The van der Waals surface area contributed by atoms with Gasteiger partial charge >= 0.3 is 0 Å². The highest BCUT2D eigenvalue weighted by atomic mass is 35.5. The predicted molar refractivity (Wildman–Crippen MR) is 85.7 cm³/mol. The summed E-state index contributed by atoms with van der Waals surface area (Å²) in [6.45, 7) is 2.03. The van der Waals surface area contributed by atoms with Gasteiger partial charge in [-0.1, -0.05) is 11.6 Å². The molecule has 0 radical (unpaired) electrons. The van der Waals surface area contributed by atoms with E-state index in [4.69, 9.17) is 21.1 Å². The maximum atomic E-state index is 6.31. The summed E-state index contributed by atoms with van der Waals surface area (Å²) in [5, 5.41) is 5.23. The van der Waals surface area contributed by atoms with Crippen molar-refractivity contribution in [2.75, 3.05) is 14.2 Å². The fraction of sp³-hybridized carbons (Fsp3) is 0.200. The minimum atomic E-state index is 0.404. The quantitative estimate of drug-likeness (QED) is 0.673. The van der Waals surface area contributed by atoms with Crippen molar-refractivity contribution >= 4 is 33.8 Å². The number of rotatable bonds is 3. The number of methoxy groups -OCH3 is 2. The smallest absolute Gasteiger partial charge is 0.162 e. The Bertz CT molecular complexity index is 817. The molecule has 0 aliphatic rings. The lowest BCUT2D eigenvalue weighted by Gasteiger charge is -2.10. The van der Waals surface area contributed by atoms with Crippen molar-refractivity contribution in [3.05, 3.63) is 33.6 Å². The highest BCUT2D eigenvalue weighted by Gasteiger charge is 2.14. The van der Waals surface area contributed by atoms with E-state index in [0.29, 0.717) is 22.5 Å². The average molecular weight is 321 g/mol. The zero-order valence-electron chi connectivity index (χ0n) is 11.8. The van der Waals surface area contributed by atoms with Crippen LogP contribution in [0.1, 0.15) is 5.56 Å². The van der Waals surface area contributed by atoms with Crippen LogP contribution in [0.2, 0.25) is 5.15 Å². The van der Waals surface area contributed by atoms with Gasteiger partial charge in [-0.05, 0) is 23.9 Å². The number of benzene rings is 1. The lowest BCUT2D eigenvalue weighted by molar-refractivity contribution is 0.356. The Labute approximate surface area is 131 Å². The van der Waals surface area contributed by atoms with E-state index in [1.807, 2.05) is 18.4 Å². The Morgan fingerprint density at radius 2 is 1.76 bits per heavy atom. The fourth-order valence-corrected chi connectivity index (χ4v) is 3.19. The zero-order valence-corrected chi connectivity index (χ0v) is 13.4. The van der Waals surface area contributed by atoms with Crippen LogP contribution in [0.15, 0.2) is 22.9 Å². The Balaban J connectivity index is 2.26. The molecule has 4 nitrogen and oxygen atoms in total. The highest BCUT2D eigenvalue weighted by molar-refractivity contribution is 7.08. The van der Waals surface area contributed by atoms with Crippen LogP contribution in [0.3, 0.4) is 0 Å². The van der Waals surface area contributed by atoms with Gasteiger partial charge in [-0.25, -0.2) is 9.97 Å². The van der Waals surface area contributed by atoms with E-state index in [0.717, 1.165) is 22.0 Å². The molecule has 21 heavy (non-hydrogen) atoms. The Hall–Kier alpha value is -1.85. The van der Waals surface area contributed by atoms with Crippen LogP contribution in [0, 0.1) is 6.92 Å². The van der Waals surface area contributed by atoms with Gasteiger partial charge in [0.1, 0.15) is 5.15 Å². The summed E-state index contributed by atoms with van der Waals surface area (Å²) >= 11 is 7.93. The number of thiophene rings is 1. The monoisotopic (exact) mass is 320 g/mol. The molecule has 0 bridgehead atoms. The summed E-state index contributed by atoms with van der Waals surface area (Å²) < 4.78 is 10.6. The molecule has 2 aromatic heterocycles. The fourth-order valence-electron chi connectivity index (χ4n) is 2.13. The Morgan fingerprint density at radius 3 is 2.38 bits per heavy atom. The van der Waals surface area contributed by atoms with Gasteiger partial charge in [-0.2, -0.15) is 11.3 Å². The van der Waals surface area contributed by atoms with Crippen molar-refractivity contribution < 1.29 is 9.47 Å². The Kier molecular flexibility index (Phi) is 3.69. The minimum Gasteiger partial charge on any atom is -0.493 e. The van der Waals surface area contributed by atoms with Gasteiger partial charge in [0, 0.05) is 22.4 Å². The number of nitrogens with zero attached hydrogens (tertiary/aromatic N) is 2. The standard InChI is InChI=1S/C15H13ClN2O2S/c1-8-6-21-7-10(8)15-17-11-5-13(20-3)12(19-2)4-9(11)14(16)18-15/h4-7H,1-3H3. The normalized spacial score (nSPS) is 10.9. The SMILES string of the molecule is COc1cc2nc(-c3cscc3C)nc(Cl)c2cc1OC. The van der Waals surface area contributed by atoms with Gasteiger partial charge in [0.05, 0.1) is 19.7 Å². The maximum absolute atomic E-state index is 6.31. The van der Waals surface area contributed by atoms with Crippen molar-refractivity contribution in [3.8, 4) is 22.9 Å². The second-order valence-electron chi connectivity index (χ2n) is 4.53. The van der Waals surface area contributed by atoms with Gasteiger partial charge in [0.25, 0.3) is 0 Å². The largest absolute Gasteiger partial charge is 0.493 e. The number of halogens is 1. The molecule has 0 saturated heterocycles. The molecule has 0 amide bonds. The topological polar surface area (TPSA) is 44.2 Å². The second kappa shape index (κ2) is 5.50. The number of aryl methyl sites for hydroxylation is 1. The van der Waals surface area contributed by atoms with Crippen molar-refractivity contribution in [3.63, 3.8) is 0 Å². The number of ether oxygens (including phenoxy) is 2. The molecule has 0 atom stereocenters. The molecule has 0 N–H and O–H groups in total. The van der Waals surface area contributed by atoms with E-state index in [1.165, 1.54) is 0 Å². The lowest BCUT2D eigenvalue weighted by Crippen LogP contribution is -1.95. The average Bonchev–Trinajstić information content (AvgIpc) is 2.92. The number of fused-ring (bicyclic) bond motifs is 1. The third-order valence-electron chi connectivity index (χ3n) is 3.25. The summed E-state index contributed by atoms with van der Waals surface area (Å²) in [7, 11) is 3.18. The summed E-state index contributed by atoms with van der Waals surface area (Å²) in [5.41, 5.74) is 2.86. The van der Waals surface area contributed by atoms with E-state index in [9.17, 15) is 0 Å². The lowest BCUT2D eigenvalue weighted by atomic mass is 10.2. The molecule has 0 fully saturated rings. The van der Waals surface area contributed by atoms with E-state index in [2.05, 4.69) is 15.3 Å². The molecular formula is C15H13ClN2O2S. The molecule has 6 heteroatoms. The third-order valence-corrected chi connectivity index (χ3v) is 4.40. The van der Waals surface area contributed by atoms with Gasteiger partial charge in [-0.3, -0.25) is 0 Å². The first kappa shape index (κ1) is 14.1. The van der Waals surface area contributed by atoms with Crippen molar-refractivity contribution in [2.24, 2.45) is 0 Å². The van der Waals surface area contributed by atoms with Crippen LogP contribution in [0.25, 0.3) is 22.3 Å².